The summed E-state index contributed by atoms with van der Waals surface area (Å²) in [4.78, 5) is 25.2. The third-order valence-corrected chi connectivity index (χ3v) is 8.32. The predicted octanol–water partition coefficient (Wildman–Crippen LogP) is 4.33. The molecule has 0 unspecified atom stereocenters. The normalized spacial score (nSPS) is 22.4. The first kappa shape index (κ1) is 30.8. The summed E-state index contributed by atoms with van der Waals surface area (Å²) >= 11 is 0. The minimum absolute atomic E-state index is 0.00968. The Bertz CT molecular complexity index is 1360. The third-order valence-electron chi connectivity index (χ3n) is 8.32. The molecule has 43 heavy (non-hydrogen) atoms. The van der Waals surface area contributed by atoms with Crippen LogP contribution in [-0.2, 0) is 32.2 Å². The Kier molecular flexibility index (Phi) is 10.6. The lowest BCUT2D eigenvalue weighted by atomic mass is 9.97. The SMILES string of the molecule is O=C(O)CCC(=O)NCc1ccccc1-c1ccc([C@H]2O[C@@H](CN3CCC[C@H]3CO)C[C@@H](c3ccc(CO)cc3)O2)cc1. The summed E-state index contributed by atoms with van der Waals surface area (Å²) in [5.41, 5.74) is 5.66. The highest BCUT2D eigenvalue weighted by atomic mass is 16.7. The number of hydrogen-bond acceptors (Lipinski definition) is 7. The molecule has 5 rings (SSSR count). The van der Waals surface area contributed by atoms with Crippen LogP contribution in [0.5, 0.6) is 0 Å². The topological polar surface area (TPSA) is 129 Å². The van der Waals surface area contributed by atoms with Crippen LogP contribution < -0.4 is 5.32 Å². The minimum atomic E-state index is -0.996. The Labute approximate surface area is 252 Å². The van der Waals surface area contributed by atoms with Gasteiger partial charge in [0.2, 0.25) is 5.91 Å². The number of carbonyl (C=O) groups excluding carboxylic acids is 1. The minimum Gasteiger partial charge on any atom is -0.481 e. The molecule has 0 spiro atoms. The molecule has 2 fully saturated rings. The molecule has 9 nitrogen and oxygen atoms in total. The Hall–Kier alpha value is -3.60. The van der Waals surface area contributed by atoms with Crippen LogP contribution in [0.15, 0.2) is 72.8 Å². The van der Waals surface area contributed by atoms with Crippen LogP contribution in [0.3, 0.4) is 0 Å². The number of likely N-dealkylation sites (tertiary alicyclic amines) is 1. The smallest absolute Gasteiger partial charge is 0.303 e. The van der Waals surface area contributed by atoms with Gasteiger partial charge in [-0.3, -0.25) is 14.5 Å². The van der Waals surface area contributed by atoms with Crippen molar-refractivity contribution in [2.75, 3.05) is 19.7 Å². The summed E-state index contributed by atoms with van der Waals surface area (Å²) in [5.74, 6) is -1.29. The zero-order valence-corrected chi connectivity index (χ0v) is 24.2. The fraction of sp³-hybridized carbons (Fsp3) is 0.412. The quantitative estimate of drug-likeness (QED) is 0.246. The fourth-order valence-electron chi connectivity index (χ4n) is 5.92. The molecule has 228 valence electrons. The summed E-state index contributed by atoms with van der Waals surface area (Å²) in [6.07, 6.45) is 1.65. The van der Waals surface area contributed by atoms with Crippen molar-refractivity contribution in [3.05, 3.63) is 95.1 Å². The van der Waals surface area contributed by atoms with E-state index >= 15 is 0 Å². The number of rotatable bonds is 12. The molecule has 9 heteroatoms. The number of aliphatic hydroxyl groups is 2. The number of aliphatic hydroxyl groups excluding tert-OH is 2. The molecule has 0 aliphatic carbocycles. The molecule has 3 aromatic carbocycles. The second-order valence-corrected chi connectivity index (χ2v) is 11.3. The highest BCUT2D eigenvalue weighted by Crippen LogP contribution is 2.39. The fourth-order valence-corrected chi connectivity index (χ4v) is 5.92. The van der Waals surface area contributed by atoms with E-state index in [0.717, 1.165) is 59.3 Å². The lowest BCUT2D eigenvalue weighted by Gasteiger charge is -2.38. The van der Waals surface area contributed by atoms with Crippen LogP contribution in [0.4, 0.5) is 0 Å². The van der Waals surface area contributed by atoms with E-state index in [1.165, 1.54) is 0 Å². The van der Waals surface area contributed by atoms with Gasteiger partial charge in [-0.25, -0.2) is 0 Å². The maximum Gasteiger partial charge on any atom is 0.303 e. The van der Waals surface area contributed by atoms with E-state index in [9.17, 15) is 19.8 Å². The number of carboxylic acid groups (broad SMARTS) is 1. The molecule has 0 bridgehead atoms. The Balaban J connectivity index is 1.32. The monoisotopic (exact) mass is 588 g/mol. The lowest BCUT2D eigenvalue weighted by Crippen LogP contribution is -2.42. The molecule has 2 aliphatic rings. The van der Waals surface area contributed by atoms with E-state index in [1.807, 2.05) is 72.8 Å². The lowest BCUT2D eigenvalue weighted by molar-refractivity contribution is -0.253. The van der Waals surface area contributed by atoms with Gasteiger partial charge in [0.1, 0.15) is 0 Å². The van der Waals surface area contributed by atoms with Gasteiger partial charge in [0.05, 0.1) is 31.8 Å². The Morgan fingerprint density at radius 1 is 0.907 bits per heavy atom. The van der Waals surface area contributed by atoms with Gasteiger partial charge in [-0.2, -0.15) is 0 Å². The van der Waals surface area contributed by atoms with Crippen molar-refractivity contribution in [1.29, 1.82) is 0 Å². The highest BCUT2D eigenvalue weighted by molar-refractivity contribution is 5.80. The first-order valence-corrected chi connectivity index (χ1v) is 15.0. The van der Waals surface area contributed by atoms with Gasteiger partial charge >= 0.3 is 5.97 Å². The van der Waals surface area contributed by atoms with Crippen LogP contribution in [0.2, 0.25) is 0 Å². The van der Waals surface area contributed by atoms with Gasteiger partial charge in [-0.1, -0.05) is 72.8 Å². The van der Waals surface area contributed by atoms with E-state index in [1.54, 1.807) is 0 Å². The first-order chi connectivity index (χ1) is 20.9. The van der Waals surface area contributed by atoms with Crippen LogP contribution in [0.25, 0.3) is 11.1 Å². The summed E-state index contributed by atoms with van der Waals surface area (Å²) in [5, 5.41) is 31.0. The van der Waals surface area contributed by atoms with Crippen LogP contribution in [0, 0.1) is 0 Å². The second kappa shape index (κ2) is 14.7. The molecule has 0 aromatic heterocycles. The molecule has 2 heterocycles. The van der Waals surface area contributed by atoms with Crippen molar-refractivity contribution in [3.8, 4) is 11.1 Å². The average molecular weight is 589 g/mol. The molecule has 2 aliphatic heterocycles. The number of aliphatic carboxylic acids is 1. The second-order valence-electron chi connectivity index (χ2n) is 11.3. The van der Waals surface area contributed by atoms with Crippen molar-refractivity contribution >= 4 is 11.9 Å². The number of hydrogen-bond donors (Lipinski definition) is 4. The molecule has 4 N–H and O–H groups in total. The zero-order valence-electron chi connectivity index (χ0n) is 24.2. The largest absolute Gasteiger partial charge is 0.481 e. The Morgan fingerprint density at radius 3 is 2.37 bits per heavy atom. The van der Waals surface area contributed by atoms with Crippen molar-refractivity contribution in [3.63, 3.8) is 0 Å². The molecule has 3 aromatic rings. The zero-order chi connectivity index (χ0) is 30.2. The molecular weight excluding hydrogens is 548 g/mol. The summed E-state index contributed by atoms with van der Waals surface area (Å²) in [7, 11) is 0. The van der Waals surface area contributed by atoms with E-state index in [-0.39, 0.29) is 50.2 Å². The number of benzene rings is 3. The highest BCUT2D eigenvalue weighted by Gasteiger charge is 2.35. The molecule has 0 radical (unpaired) electrons. The van der Waals surface area contributed by atoms with Gasteiger partial charge in [0.15, 0.2) is 6.29 Å². The number of nitrogens with zero attached hydrogens (tertiary/aromatic N) is 1. The predicted molar refractivity (Wildman–Crippen MR) is 161 cm³/mol. The first-order valence-electron chi connectivity index (χ1n) is 15.0. The number of amides is 1. The van der Waals surface area contributed by atoms with Crippen molar-refractivity contribution in [1.82, 2.24) is 10.2 Å². The van der Waals surface area contributed by atoms with Gasteiger partial charge in [-0.05, 0) is 47.2 Å². The van der Waals surface area contributed by atoms with E-state index in [4.69, 9.17) is 14.6 Å². The molecule has 4 atom stereocenters. The standard InChI is InChI=1S/C34H40N2O7/c37-21-23-7-9-25(10-8-23)31-18-29(20-36-17-3-5-28(36)22-38)42-34(43-31)26-13-11-24(12-14-26)30-6-2-1-4-27(30)19-35-32(39)15-16-33(40)41/h1-2,4,6-14,28-29,31,34,37-38H,3,5,15-22H2,(H,35,39)(H,40,41)/t28-,29+,31-,34-/m0/s1. The number of carboxylic acids is 1. The summed E-state index contributed by atoms with van der Waals surface area (Å²) in [6, 6.07) is 23.8. The van der Waals surface area contributed by atoms with E-state index in [2.05, 4.69) is 10.2 Å². The van der Waals surface area contributed by atoms with E-state index < -0.39 is 12.3 Å². The number of ether oxygens (including phenoxy) is 2. The number of nitrogens with one attached hydrogen (secondary N) is 1. The van der Waals surface area contributed by atoms with E-state index in [0.29, 0.717) is 13.0 Å². The molecule has 1 amide bonds. The Morgan fingerprint density at radius 2 is 1.65 bits per heavy atom. The maximum atomic E-state index is 12.1. The van der Waals surface area contributed by atoms with Gasteiger partial charge < -0.3 is 30.1 Å². The molecule has 0 saturated carbocycles. The van der Waals surface area contributed by atoms with Crippen molar-refractivity contribution in [2.45, 2.75) is 69.8 Å². The van der Waals surface area contributed by atoms with Gasteiger partial charge in [0, 0.05) is 37.5 Å². The van der Waals surface area contributed by atoms with Gasteiger partial charge in [-0.15, -0.1) is 0 Å². The maximum absolute atomic E-state index is 12.1. The van der Waals surface area contributed by atoms with Crippen molar-refractivity contribution in [2.24, 2.45) is 0 Å². The number of carbonyl (C=O) groups is 2. The average Bonchev–Trinajstić information content (AvgIpc) is 3.49. The van der Waals surface area contributed by atoms with Crippen LogP contribution in [0.1, 0.15) is 66.8 Å². The van der Waals surface area contributed by atoms with Gasteiger partial charge in [0.25, 0.3) is 0 Å². The molecular formula is C34H40N2O7. The summed E-state index contributed by atoms with van der Waals surface area (Å²) in [6.45, 7) is 2.10. The summed E-state index contributed by atoms with van der Waals surface area (Å²) < 4.78 is 13.0. The van der Waals surface area contributed by atoms with Crippen molar-refractivity contribution < 1.29 is 34.4 Å². The molecule has 2 saturated heterocycles. The third kappa shape index (κ3) is 8.07. The van der Waals surface area contributed by atoms with Crippen LogP contribution >= 0.6 is 0 Å². The van der Waals surface area contributed by atoms with Crippen LogP contribution in [-0.4, -0.2) is 63.9 Å².